The van der Waals surface area contributed by atoms with Crippen LogP contribution < -0.4 is 0 Å². The average Bonchev–Trinajstić information content (AvgIpc) is 3.35. The summed E-state index contributed by atoms with van der Waals surface area (Å²) >= 11 is 0. The number of ether oxygens (including phenoxy) is 3. The number of hydrogen-bond acceptors (Lipinski definition) is 6. The third-order valence-electron chi connectivity index (χ3n) is 11.8. The molecule has 0 saturated heterocycles. The highest BCUT2D eigenvalue weighted by Gasteiger charge is 2.19. The van der Waals surface area contributed by atoms with E-state index in [0.29, 0.717) is 19.3 Å². The van der Waals surface area contributed by atoms with Crippen molar-refractivity contribution < 1.29 is 28.6 Å². The Hall–Kier alpha value is -3.93. The maximum atomic E-state index is 12.8. The summed E-state index contributed by atoms with van der Waals surface area (Å²) in [5, 5.41) is 0. The highest BCUT2D eigenvalue weighted by molar-refractivity contribution is 5.71. The van der Waals surface area contributed by atoms with Crippen molar-refractivity contribution >= 4 is 17.9 Å². The number of esters is 3. The molecule has 0 aliphatic carbocycles. The molecule has 0 amide bonds. The fraction of sp³-hybridized carbons (Fsp3) is 0.667. The summed E-state index contributed by atoms with van der Waals surface area (Å²) in [6.07, 6.45) is 76.5. The first-order chi connectivity index (χ1) is 34.0. The van der Waals surface area contributed by atoms with Gasteiger partial charge in [0.25, 0.3) is 0 Å². The van der Waals surface area contributed by atoms with Gasteiger partial charge in [0.2, 0.25) is 0 Å². The van der Waals surface area contributed by atoms with Crippen molar-refractivity contribution in [2.24, 2.45) is 0 Å². The molecule has 0 radical (unpaired) electrons. The lowest BCUT2D eigenvalue weighted by atomic mass is 10.1. The first kappa shape index (κ1) is 65.1. The Morgan fingerprint density at radius 3 is 0.957 bits per heavy atom. The van der Waals surface area contributed by atoms with Gasteiger partial charge in [-0.2, -0.15) is 0 Å². The molecule has 0 saturated carbocycles. The second-order valence-electron chi connectivity index (χ2n) is 18.5. The van der Waals surface area contributed by atoms with Gasteiger partial charge in [-0.15, -0.1) is 0 Å². The zero-order valence-corrected chi connectivity index (χ0v) is 44.8. The molecule has 0 aromatic carbocycles. The minimum absolute atomic E-state index is 0.0992. The second-order valence-corrected chi connectivity index (χ2v) is 18.5. The molecule has 69 heavy (non-hydrogen) atoms. The van der Waals surface area contributed by atoms with Gasteiger partial charge in [0.15, 0.2) is 6.10 Å². The number of carbonyl (C=O) groups is 3. The molecule has 0 aromatic rings. The van der Waals surface area contributed by atoms with Gasteiger partial charge in [-0.05, 0) is 103 Å². The van der Waals surface area contributed by atoms with E-state index >= 15 is 0 Å². The van der Waals surface area contributed by atoms with Crippen LogP contribution in [0, 0.1) is 0 Å². The topological polar surface area (TPSA) is 78.9 Å². The summed E-state index contributed by atoms with van der Waals surface area (Å²) in [5.74, 6) is -0.971. The highest BCUT2D eigenvalue weighted by atomic mass is 16.6. The van der Waals surface area contributed by atoms with Gasteiger partial charge >= 0.3 is 17.9 Å². The van der Waals surface area contributed by atoms with Crippen molar-refractivity contribution in [3.05, 3.63) is 109 Å². The minimum Gasteiger partial charge on any atom is -0.462 e. The Morgan fingerprint density at radius 1 is 0.304 bits per heavy atom. The number of carbonyl (C=O) groups excluding carboxylic acids is 3. The summed E-state index contributed by atoms with van der Waals surface area (Å²) in [6.45, 7) is 6.44. The van der Waals surface area contributed by atoms with Crippen LogP contribution in [-0.4, -0.2) is 37.2 Å². The first-order valence-corrected chi connectivity index (χ1v) is 28.4. The molecule has 0 heterocycles. The number of unbranched alkanes of at least 4 members (excludes halogenated alkanes) is 21. The van der Waals surface area contributed by atoms with Gasteiger partial charge in [0.1, 0.15) is 13.2 Å². The highest BCUT2D eigenvalue weighted by Crippen LogP contribution is 2.14. The van der Waals surface area contributed by atoms with Crippen LogP contribution in [0.2, 0.25) is 0 Å². The van der Waals surface area contributed by atoms with E-state index < -0.39 is 6.10 Å². The molecule has 0 N–H and O–H groups in total. The van der Waals surface area contributed by atoms with Crippen molar-refractivity contribution in [3.63, 3.8) is 0 Å². The standard InChI is InChI=1S/C63H104O6/c1-4-7-10-13-16-19-22-24-26-28-30-31-32-33-34-36-37-39-41-44-47-50-53-56-62(65)68-59-60(58-67-61(64)55-52-49-46-43-21-18-15-12-9-6-3)69-63(66)57-54-51-48-45-42-40-38-35-29-27-25-23-20-17-14-11-8-5-2/h7,10,16,19-20,23-24,26-27,29-31,33-34,37,39,44,47,60H,4-6,8-9,11-15,17-18,21-22,25,28,32,35-36,38,40-43,45-46,48-59H2,1-3H3/b10-7-,19-16-,23-20-,26-24-,29-27-,31-30-,34-33-,39-37-,47-44-. The Kier molecular flexibility index (Phi) is 53.4. The predicted molar refractivity (Wildman–Crippen MR) is 297 cm³/mol. The third kappa shape index (κ3) is 54.9. The first-order valence-electron chi connectivity index (χ1n) is 28.4. The van der Waals surface area contributed by atoms with E-state index in [1.807, 2.05) is 0 Å². The van der Waals surface area contributed by atoms with E-state index in [4.69, 9.17) is 14.2 Å². The molecule has 0 aliphatic rings. The van der Waals surface area contributed by atoms with Crippen molar-refractivity contribution in [3.8, 4) is 0 Å². The lowest BCUT2D eigenvalue weighted by molar-refractivity contribution is -0.167. The number of hydrogen-bond donors (Lipinski definition) is 0. The molecule has 0 rings (SSSR count). The van der Waals surface area contributed by atoms with Crippen LogP contribution in [0.1, 0.15) is 252 Å². The van der Waals surface area contributed by atoms with Gasteiger partial charge < -0.3 is 14.2 Å². The summed E-state index contributed by atoms with van der Waals surface area (Å²) < 4.78 is 16.8. The van der Waals surface area contributed by atoms with E-state index in [2.05, 4.69) is 130 Å². The summed E-state index contributed by atoms with van der Waals surface area (Å²) in [6, 6.07) is 0. The maximum Gasteiger partial charge on any atom is 0.306 e. The Balaban J connectivity index is 4.44. The summed E-state index contributed by atoms with van der Waals surface area (Å²) in [4.78, 5) is 38.0. The summed E-state index contributed by atoms with van der Waals surface area (Å²) in [5.41, 5.74) is 0. The molecule has 0 spiro atoms. The average molecular weight is 958 g/mol. The van der Waals surface area contributed by atoms with Gasteiger partial charge in [0.05, 0.1) is 0 Å². The molecule has 1 unspecified atom stereocenters. The van der Waals surface area contributed by atoms with Crippen LogP contribution in [-0.2, 0) is 28.6 Å². The Morgan fingerprint density at radius 2 is 0.580 bits per heavy atom. The van der Waals surface area contributed by atoms with E-state index in [0.717, 1.165) is 103 Å². The molecular formula is C63H104O6. The van der Waals surface area contributed by atoms with Crippen molar-refractivity contribution in [2.45, 2.75) is 258 Å². The smallest absolute Gasteiger partial charge is 0.306 e. The maximum absolute atomic E-state index is 12.8. The second kappa shape index (κ2) is 56.7. The molecule has 0 aliphatic heterocycles. The van der Waals surface area contributed by atoms with Gasteiger partial charge in [-0.3, -0.25) is 14.4 Å². The van der Waals surface area contributed by atoms with Crippen LogP contribution in [0.5, 0.6) is 0 Å². The van der Waals surface area contributed by atoms with Crippen LogP contribution in [0.15, 0.2) is 109 Å². The van der Waals surface area contributed by atoms with Gasteiger partial charge in [0, 0.05) is 19.3 Å². The molecule has 6 heteroatoms. The Labute approximate surface area is 425 Å². The molecule has 1 atom stereocenters. The van der Waals surface area contributed by atoms with Gasteiger partial charge in [-0.1, -0.05) is 239 Å². The number of rotatable bonds is 50. The lowest BCUT2D eigenvalue weighted by Gasteiger charge is -2.18. The molecule has 0 fully saturated rings. The fourth-order valence-corrected chi connectivity index (χ4v) is 7.52. The van der Waals surface area contributed by atoms with E-state index in [-0.39, 0.29) is 37.5 Å². The predicted octanol–water partition coefficient (Wildman–Crippen LogP) is 19.1. The molecule has 0 bridgehead atoms. The van der Waals surface area contributed by atoms with E-state index in [1.54, 1.807) is 0 Å². The quantitative estimate of drug-likeness (QED) is 0.0262. The van der Waals surface area contributed by atoms with E-state index in [9.17, 15) is 14.4 Å². The van der Waals surface area contributed by atoms with E-state index in [1.165, 1.54) is 103 Å². The third-order valence-corrected chi connectivity index (χ3v) is 11.8. The van der Waals surface area contributed by atoms with Crippen molar-refractivity contribution in [2.75, 3.05) is 13.2 Å². The van der Waals surface area contributed by atoms with Crippen LogP contribution >= 0.6 is 0 Å². The zero-order chi connectivity index (χ0) is 50.0. The van der Waals surface area contributed by atoms with Crippen molar-refractivity contribution in [1.82, 2.24) is 0 Å². The minimum atomic E-state index is -0.806. The SMILES string of the molecule is CC/C=C\C/C=C\C/C=C\C/C=C\C/C=C\C/C=C\C/C=C\CCCC(=O)OCC(COC(=O)CCCCCCCCCCCC)OC(=O)CCCCCCCCC/C=C\C/C=C\CCCCCC. The van der Waals surface area contributed by atoms with Crippen LogP contribution in [0.4, 0.5) is 0 Å². The molecule has 392 valence electrons. The molecule has 6 nitrogen and oxygen atoms in total. The largest absolute Gasteiger partial charge is 0.462 e. The molecular weight excluding hydrogens is 853 g/mol. The molecule has 0 aromatic heterocycles. The summed E-state index contributed by atoms with van der Waals surface area (Å²) in [7, 11) is 0. The van der Waals surface area contributed by atoms with Crippen LogP contribution in [0.25, 0.3) is 0 Å². The zero-order valence-electron chi connectivity index (χ0n) is 44.8. The number of allylic oxidation sites excluding steroid dienone is 18. The Bertz CT molecular complexity index is 1420. The fourth-order valence-electron chi connectivity index (χ4n) is 7.52. The monoisotopic (exact) mass is 957 g/mol. The van der Waals surface area contributed by atoms with Gasteiger partial charge in [-0.25, -0.2) is 0 Å². The normalized spacial score (nSPS) is 12.9. The lowest BCUT2D eigenvalue weighted by Crippen LogP contribution is -2.30. The van der Waals surface area contributed by atoms with Crippen LogP contribution in [0.3, 0.4) is 0 Å². The van der Waals surface area contributed by atoms with Crippen molar-refractivity contribution in [1.29, 1.82) is 0 Å².